The molecule has 1 aliphatic heterocycles. The second-order valence-corrected chi connectivity index (χ2v) is 11.9. The number of aliphatic hydroxyl groups excluding tert-OH is 1. The van der Waals surface area contributed by atoms with Gasteiger partial charge in [0.2, 0.25) is 0 Å². The molecule has 40 heavy (non-hydrogen) atoms. The Kier molecular flexibility index (Phi) is 10.5. The van der Waals surface area contributed by atoms with Gasteiger partial charge >= 0.3 is 12.1 Å². The lowest BCUT2D eigenvalue weighted by Crippen LogP contribution is -2.52. The van der Waals surface area contributed by atoms with Gasteiger partial charge in [-0.25, -0.2) is 9.59 Å². The van der Waals surface area contributed by atoms with Gasteiger partial charge in [-0.3, -0.25) is 4.79 Å². The van der Waals surface area contributed by atoms with E-state index in [-0.39, 0.29) is 48.7 Å². The Morgan fingerprint density at radius 2 is 1.68 bits per heavy atom. The van der Waals surface area contributed by atoms with Crippen LogP contribution in [0.2, 0.25) is 0 Å². The number of nitrogens with zero attached hydrogens (tertiary/aromatic N) is 2. The minimum atomic E-state index is -0.403. The number of nitrogens with one attached hydrogen (secondary N) is 3. The lowest BCUT2D eigenvalue weighted by atomic mass is 9.96. The van der Waals surface area contributed by atoms with Crippen molar-refractivity contribution in [2.75, 3.05) is 32.1 Å². The van der Waals surface area contributed by atoms with Crippen molar-refractivity contribution in [2.24, 2.45) is 5.92 Å². The minimum absolute atomic E-state index is 0.102. The number of anilines is 1. The Morgan fingerprint density at radius 1 is 1.05 bits per heavy atom. The first-order valence-corrected chi connectivity index (χ1v) is 15.1. The van der Waals surface area contributed by atoms with Crippen LogP contribution in [0.25, 0.3) is 0 Å². The molecule has 0 aromatic heterocycles. The van der Waals surface area contributed by atoms with Crippen molar-refractivity contribution in [1.29, 1.82) is 0 Å². The summed E-state index contributed by atoms with van der Waals surface area (Å²) in [5.41, 5.74) is 0.816. The molecule has 10 nitrogen and oxygen atoms in total. The minimum Gasteiger partial charge on any atom is -0.487 e. The molecular formula is C30H47N5O5. The summed E-state index contributed by atoms with van der Waals surface area (Å²) < 4.78 is 6.41. The Balaban J connectivity index is 1.50. The van der Waals surface area contributed by atoms with E-state index in [2.05, 4.69) is 16.0 Å². The summed E-state index contributed by atoms with van der Waals surface area (Å²) >= 11 is 0. The number of aliphatic hydroxyl groups is 1. The Morgan fingerprint density at radius 3 is 2.30 bits per heavy atom. The predicted molar refractivity (Wildman–Crippen MR) is 155 cm³/mol. The van der Waals surface area contributed by atoms with Gasteiger partial charge in [0.25, 0.3) is 5.91 Å². The number of rotatable bonds is 7. The molecule has 0 bridgehead atoms. The summed E-state index contributed by atoms with van der Waals surface area (Å²) in [6, 6.07) is 4.64. The van der Waals surface area contributed by atoms with E-state index in [9.17, 15) is 19.5 Å². The van der Waals surface area contributed by atoms with Gasteiger partial charge in [0.15, 0.2) is 0 Å². The van der Waals surface area contributed by atoms with Crippen molar-refractivity contribution in [3.8, 4) is 5.75 Å². The van der Waals surface area contributed by atoms with Crippen LogP contribution in [-0.4, -0.2) is 83.8 Å². The maximum absolute atomic E-state index is 13.7. The molecule has 3 aliphatic rings. The molecule has 10 heteroatoms. The average molecular weight is 558 g/mol. The quantitative estimate of drug-likeness (QED) is 0.397. The fourth-order valence-electron chi connectivity index (χ4n) is 6.00. The van der Waals surface area contributed by atoms with Gasteiger partial charge in [-0.05, 0) is 50.8 Å². The van der Waals surface area contributed by atoms with Crippen LogP contribution in [0.3, 0.4) is 0 Å². The third kappa shape index (κ3) is 7.80. The van der Waals surface area contributed by atoms with E-state index in [1.165, 1.54) is 12.8 Å². The topological polar surface area (TPSA) is 123 Å². The number of hydrogen-bond donors (Lipinski definition) is 4. The standard InChI is InChI=1S/C30H47N5O5/c1-20-17-35(21(2)19-36)28(37)25-16-24(32-29(38)31-22-10-6-4-7-11-22)14-15-26(25)40-27(20)18-34(3)30(39)33-23-12-8-5-9-13-23/h14-16,20-23,27,36H,4-13,17-19H2,1-3H3,(H,33,39)(H2,31,32,38)/t20-,21+,27-/m1/s1. The van der Waals surface area contributed by atoms with Gasteiger partial charge in [-0.15, -0.1) is 0 Å². The highest BCUT2D eigenvalue weighted by Gasteiger charge is 2.34. The molecule has 0 unspecified atom stereocenters. The predicted octanol–water partition coefficient (Wildman–Crippen LogP) is 4.34. The van der Waals surface area contributed by atoms with Crippen LogP contribution in [0.15, 0.2) is 18.2 Å². The van der Waals surface area contributed by atoms with Crippen LogP contribution in [0.1, 0.15) is 88.4 Å². The second kappa shape index (κ2) is 14.1. The molecule has 2 aliphatic carbocycles. The van der Waals surface area contributed by atoms with Crippen molar-refractivity contribution in [2.45, 2.75) is 102 Å². The van der Waals surface area contributed by atoms with Gasteiger partial charge in [0, 0.05) is 37.3 Å². The number of likely N-dealkylation sites (N-methyl/N-ethyl adjacent to an activating group) is 1. The molecule has 5 amide bonds. The van der Waals surface area contributed by atoms with Gasteiger partial charge in [-0.2, -0.15) is 0 Å². The summed E-state index contributed by atoms with van der Waals surface area (Å²) in [7, 11) is 1.77. The monoisotopic (exact) mass is 557 g/mol. The van der Waals surface area contributed by atoms with E-state index in [0.717, 1.165) is 51.4 Å². The zero-order valence-electron chi connectivity index (χ0n) is 24.3. The summed E-state index contributed by atoms with van der Waals surface area (Å²) in [4.78, 5) is 42.6. The average Bonchev–Trinajstić information content (AvgIpc) is 2.95. The van der Waals surface area contributed by atoms with Gasteiger partial charge in [0.05, 0.1) is 24.8 Å². The molecule has 1 heterocycles. The third-order valence-corrected chi connectivity index (χ3v) is 8.60. The van der Waals surface area contributed by atoms with Crippen LogP contribution < -0.4 is 20.7 Å². The molecule has 4 N–H and O–H groups in total. The van der Waals surface area contributed by atoms with Crippen LogP contribution in [0.4, 0.5) is 15.3 Å². The first-order chi connectivity index (χ1) is 19.2. The third-order valence-electron chi connectivity index (χ3n) is 8.60. The summed E-state index contributed by atoms with van der Waals surface area (Å²) in [6.07, 6.45) is 10.5. The molecule has 0 radical (unpaired) electrons. The van der Waals surface area contributed by atoms with Gasteiger partial charge in [0.1, 0.15) is 11.9 Å². The van der Waals surface area contributed by atoms with Gasteiger partial charge < -0.3 is 35.6 Å². The summed E-state index contributed by atoms with van der Waals surface area (Å²) in [5.74, 6) is 0.0349. The van der Waals surface area contributed by atoms with Crippen LogP contribution >= 0.6 is 0 Å². The summed E-state index contributed by atoms with van der Waals surface area (Å²) in [6.45, 7) is 4.34. The normalized spacial score (nSPS) is 23.2. The molecule has 1 aromatic rings. The zero-order valence-corrected chi connectivity index (χ0v) is 24.3. The zero-order chi connectivity index (χ0) is 28.6. The number of hydrogen-bond acceptors (Lipinski definition) is 5. The lowest BCUT2D eigenvalue weighted by Gasteiger charge is -2.38. The van der Waals surface area contributed by atoms with Crippen LogP contribution in [-0.2, 0) is 0 Å². The number of urea groups is 2. The van der Waals surface area contributed by atoms with E-state index >= 15 is 0 Å². The van der Waals surface area contributed by atoms with Crippen molar-refractivity contribution in [1.82, 2.24) is 20.4 Å². The number of carbonyl (C=O) groups is 3. The smallest absolute Gasteiger partial charge is 0.319 e. The molecule has 1 aromatic carbocycles. The maximum atomic E-state index is 13.7. The molecule has 2 saturated carbocycles. The van der Waals surface area contributed by atoms with Crippen molar-refractivity contribution in [3.05, 3.63) is 23.8 Å². The number of fused-ring (bicyclic) bond motifs is 1. The number of amides is 5. The van der Waals surface area contributed by atoms with E-state index < -0.39 is 6.04 Å². The Bertz CT molecular complexity index is 1020. The number of benzene rings is 1. The highest BCUT2D eigenvalue weighted by molar-refractivity contribution is 5.99. The number of ether oxygens (including phenoxy) is 1. The Labute approximate surface area is 238 Å². The molecule has 4 rings (SSSR count). The van der Waals surface area contributed by atoms with E-state index in [1.807, 2.05) is 13.8 Å². The largest absolute Gasteiger partial charge is 0.487 e. The molecule has 0 saturated heterocycles. The van der Waals surface area contributed by atoms with E-state index in [4.69, 9.17) is 4.74 Å². The van der Waals surface area contributed by atoms with E-state index in [0.29, 0.717) is 30.1 Å². The first-order valence-electron chi connectivity index (χ1n) is 15.1. The molecule has 2 fully saturated rings. The highest BCUT2D eigenvalue weighted by Crippen LogP contribution is 2.31. The summed E-state index contributed by atoms with van der Waals surface area (Å²) in [5, 5.41) is 19.0. The van der Waals surface area contributed by atoms with Crippen molar-refractivity contribution >= 4 is 23.7 Å². The molecule has 0 spiro atoms. The number of carbonyl (C=O) groups excluding carboxylic acids is 3. The Hall–Kier alpha value is -3.01. The molecule has 3 atom stereocenters. The maximum Gasteiger partial charge on any atom is 0.319 e. The van der Waals surface area contributed by atoms with Crippen molar-refractivity contribution in [3.63, 3.8) is 0 Å². The van der Waals surface area contributed by atoms with Crippen molar-refractivity contribution < 1.29 is 24.2 Å². The molecular weight excluding hydrogens is 510 g/mol. The lowest BCUT2D eigenvalue weighted by molar-refractivity contribution is 0.0366. The van der Waals surface area contributed by atoms with Gasteiger partial charge in [-0.1, -0.05) is 45.4 Å². The van der Waals surface area contributed by atoms with Crippen LogP contribution in [0, 0.1) is 5.92 Å². The fourth-order valence-corrected chi connectivity index (χ4v) is 6.00. The fraction of sp³-hybridized carbons (Fsp3) is 0.700. The second-order valence-electron chi connectivity index (χ2n) is 11.9. The van der Waals surface area contributed by atoms with E-state index in [1.54, 1.807) is 35.0 Å². The van der Waals surface area contributed by atoms with Crippen LogP contribution in [0.5, 0.6) is 5.75 Å². The SMILES string of the molecule is C[C@@H]1CN([C@@H](C)CO)C(=O)c2cc(NC(=O)NC3CCCCC3)ccc2O[C@@H]1CN(C)C(=O)NC1CCCCC1. The highest BCUT2D eigenvalue weighted by atomic mass is 16.5. The first kappa shape index (κ1) is 30.0. The molecule has 222 valence electrons.